The second-order valence-corrected chi connectivity index (χ2v) is 8.19. The van der Waals surface area contributed by atoms with Gasteiger partial charge >= 0.3 is 0 Å². The van der Waals surface area contributed by atoms with Gasteiger partial charge < -0.3 is 9.73 Å². The van der Waals surface area contributed by atoms with Gasteiger partial charge in [-0.1, -0.05) is 19.3 Å². The molecule has 1 aliphatic carbocycles. The smallest absolute Gasteiger partial charge is 0.240 e. The lowest BCUT2D eigenvalue weighted by Gasteiger charge is -2.33. The molecular weight excluding hydrogens is 358 g/mol. The van der Waals surface area contributed by atoms with E-state index in [0.717, 1.165) is 57.4 Å². The third-order valence-electron chi connectivity index (χ3n) is 6.43. The lowest BCUT2D eigenvalue weighted by molar-refractivity contribution is -0.143. The Kier molecular flexibility index (Phi) is 5.80. The van der Waals surface area contributed by atoms with Crippen LogP contribution < -0.4 is 5.32 Å². The molecule has 152 valence electrons. The van der Waals surface area contributed by atoms with E-state index in [0.29, 0.717) is 6.54 Å². The van der Waals surface area contributed by atoms with Crippen molar-refractivity contribution in [2.75, 3.05) is 26.2 Å². The lowest BCUT2D eigenvalue weighted by atomic mass is 9.81. The first-order valence-corrected chi connectivity index (χ1v) is 10.5. The topological polar surface area (TPSA) is 82.9 Å². The molecule has 3 atom stereocenters. The summed E-state index contributed by atoms with van der Waals surface area (Å²) in [6, 6.07) is 3.77. The van der Waals surface area contributed by atoms with Crippen LogP contribution in [0.2, 0.25) is 0 Å². The molecule has 0 spiro atoms. The van der Waals surface area contributed by atoms with Crippen LogP contribution in [0.15, 0.2) is 22.8 Å². The molecule has 3 amide bonds. The van der Waals surface area contributed by atoms with Gasteiger partial charge in [0.25, 0.3) is 0 Å². The van der Waals surface area contributed by atoms with E-state index in [-0.39, 0.29) is 42.1 Å². The quantitative estimate of drug-likeness (QED) is 0.756. The summed E-state index contributed by atoms with van der Waals surface area (Å²) in [5, 5.41) is 2.93. The Morgan fingerprint density at radius 2 is 1.75 bits per heavy atom. The van der Waals surface area contributed by atoms with Crippen LogP contribution in [-0.2, 0) is 14.4 Å². The minimum Gasteiger partial charge on any atom is -0.468 e. The van der Waals surface area contributed by atoms with Crippen molar-refractivity contribution in [3.63, 3.8) is 0 Å². The van der Waals surface area contributed by atoms with Crippen molar-refractivity contribution in [1.29, 1.82) is 0 Å². The van der Waals surface area contributed by atoms with Crippen molar-refractivity contribution in [1.82, 2.24) is 15.1 Å². The molecule has 3 heterocycles. The van der Waals surface area contributed by atoms with E-state index in [1.54, 1.807) is 6.26 Å². The van der Waals surface area contributed by atoms with Gasteiger partial charge in [0.2, 0.25) is 17.7 Å². The van der Waals surface area contributed by atoms with Gasteiger partial charge in [-0.15, -0.1) is 0 Å². The molecule has 1 N–H and O–H groups in total. The molecule has 28 heavy (non-hydrogen) atoms. The Morgan fingerprint density at radius 3 is 2.36 bits per heavy atom. The third kappa shape index (κ3) is 3.85. The highest BCUT2D eigenvalue weighted by Gasteiger charge is 2.48. The lowest BCUT2D eigenvalue weighted by Crippen LogP contribution is -2.45. The minimum absolute atomic E-state index is 0.0215. The van der Waals surface area contributed by atoms with Gasteiger partial charge in [-0.05, 0) is 50.9 Å². The monoisotopic (exact) mass is 387 g/mol. The fourth-order valence-corrected chi connectivity index (χ4v) is 4.92. The van der Waals surface area contributed by atoms with Crippen molar-refractivity contribution in [3.05, 3.63) is 24.2 Å². The number of carbonyl (C=O) groups is 3. The molecule has 0 radical (unpaired) electrons. The fraction of sp³-hybridized carbons (Fsp3) is 0.667. The molecular formula is C21H29N3O4. The number of furan rings is 1. The van der Waals surface area contributed by atoms with Gasteiger partial charge in [-0.25, -0.2) is 0 Å². The van der Waals surface area contributed by atoms with Gasteiger partial charge in [0, 0.05) is 6.54 Å². The van der Waals surface area contributed by atoms with Gasteiger partial charge in [0.15, 0.2) is 0 Å². The number of nitrogens with zero attached hydrogens (tertiary/aromatic N) is 2. The van der Waals surface area contributed by atoms with E-state index in [2.05, 4.69) is 10.2 Å². The van der Waals surface area contributed by atoms with Crippen LogP contribution in [0, 0.1) is 11.8 Å². The molecule has 7 heteroatoms. The predicted octanol–water partition coefficient (Wildman–Crippen LogP) is 2.10. The summed E-state index contributed by atoms with van der Waals surface area (Å²) in [7, 11) is 0. The van der Waals surface area contributed by atoms with Crippen LogP contribution in [0.4, 0.5) is 0 Å². The number of piperidine rings is 1. The Labute approximate surface area is 165 Å². The summed E-state index contributed by atoms with van der Waals surface area (Å²) in [5.41, 5.74) is 0. The van der Waals surface area contributed by atoms with E-state index in [1.807, 2.05) is 12.1 Å². The molecule has 1 aromatic rings. The molecule has 0 aromatic carbocycles. The van der Waals surface area contributed by atoms with E-state index in [4.69, 9.17) is 4.42 Å². The van der Waals surface area contributed by atoms with E-state index in [1.165, 1.54) is 11.3 Å². The van der Waals surface area contributed by atoms with Crippen LogP contribution in [0.25, 0.3) is 0 Å². The summed E-state index contributed by atoms with van der Waals surface area (Å²) < 4.78 is 5.60. The zero-order valence-corrected chi connectivity index (χ0v) is 16.3. The second-order valence-electron chi connectivity index (χ2n) is 8.19. The Morgan fingerprint density at radius 1 is 1.07 bits per heavy atom. The fourth-order valence-electron chi connectivity index (χ4n) is 4.92. The third-order valence-corrected chi connectivity index (χ3v) is 6.43. The highest BCUT2D eigenvalue weighted by atomic mass is 16.3. The molecule has 4 rings (SSSR count). The summed E-state index contributed by atoms with van der Waals surface area (Å²) in [6.45, 7) is 2.20. The number of amides is 3. The zero-order chi connectivity index (χ0) is 19.5. The standard InChI is InChI=1S/C21H29N3O4/c25-19(14-24-20(26)15-7-2-3-8-16(15)21(24)27)22-13-17(18-9-6-12-28-18)23-10-4-1-5-11-23/h6,9,12,15-17H,1-5,7-8,10-11,13-14H2,(H,22,25). The second kappa shape index (κ2) is 8.47. The van der Waals surface area contributed by atoms with Crippen LogP contribution in [0.5, 0.6) is 0 Å². The van der Waals surface area contributed by atoms with Gasteiger partial charge in [-0.2, -0.15) is 0 Å². The molecule has 3 aliphatic rings. The van der Waals surface area contributed by atoms with Gasteiger partial charge in [0.05, 0.1) is 24.1 Å². The largest absolute Gasteiger partial charge is 0.468 e. The number of fused-ring (bicyclic) bond motifs is 1. The Balaban J connectivity index is 1.36. The first-order valence-electron chi connectivity index (χ1n) is 10.5. The normalized spacial score (nSPS) is 26.9. The number of likely N-dealkylation sites (tertiary alicyclic amines) is 2. The van der Waals surface area contributed by atoms with Crippen LogP contribution in [-0.4, -0.2) is 53.7 Å². The van der Waals surface area contributed by atoms with Crippen LogP contribution in [0.3, 0.4) is 0 Å². The maximum absolute atomic E-state index is 12.6. The summed E-state index contributed by atoms with van der Waals surface area (Å²) in [4.78, 5) is 41.2. The molecule has 0 bridgehead atoms. The van der Waals surface area contributed by atoms with Crippen LogP contribution in [0.1, 0.15) is 56.7 Å². The maximum atomic E-state index is 12.6. The molecule has 1 saturated carbocycles. The summed E-state index contributed by atoms with van der Waals surface area (Å²) >= 11 is 0. The SMILES string of the molecule is O=C(CN1C(=O)C2CCCCC2C1=O)NCC(c1ccco1)N1CCCCC1. The number of hydrogen-bond donors (Lipinski definition) is 1. The van der Waals surface area contributed by atoms with E-state index < -0.39 is 0 Å². The van der Waals surface area contributed by atoms with E-state index in [9.17, 15) is 14.4 Å². The average molecular weight is 387 g/mol. The highest BCUT2D eigenvalue weighted by Crippen LogP contribution is 2.37. The van der Waals surface area contributed by atoms with Crippen molar-refractivity contribution < 1.29 is 18.8 Å². The van der Waals surface area contributed by atoms with Crippen molar-refractivity contribution in [2.45, 2.75) is 51.0 Å². The van der Waals surface area contributed by atoms with Crippen molar-refractivity contribution in [3.8, 4) is 0 Å². The zero-order valence-electron chi connectivity index (χ0n) is 16.3. The first-order chi connectivity index (χ1) is 13.6. The number of carbonyl (C=O) groups excluding carboxylic acids is 3. The molecule has 1 aromatic heterocycles. The van der Waals surface area contributed by atoms with Crippen LogP contribution >= 0.6 is 0 Å². The number of imide groups is 1. The van der Waals surface area contributed by atoms with Gasteiger partial charge in [0.1, 0.15) is 12.3 Å². The maximum Gasteiger partial charge on any atom is 0.240 e. The number of rotatable bonds is 6. The number of nitrogens with one attached hydrogen (secondary N) is 1. The summed E-state index contributed by atoms with van der Waals surface area (Å²) in [6.07, 6.45) is 8.68. The summed E-state index contributed by atoms with van der Waals surface area (Å²) in [5.74, 6) is -0.195. The molecule has 3 fully saturated rings. The highest BCUT2D eigenvalue weighted by molar-refractivity contribution is 6.07. The Hall–Kier alpha value is -2.15. The molecule has 2 saturated heterocycles. The molecule has 2 aliphatic heterocycles. The minimum atomic E-state index is -0.283. The molecule has 3 unspecified atom stereocenters. The Bertz CT molecular complexity index is 687. The first kappa shape index (κ1) is 19.2. The average Bonchev–Trinajstić information content (AvgIpc) is 3.33. The van der Waals surface area contributed by atoms with Gasteiger partial charge in [-0.3, -0.25) is 24.2 Å². The van der Waals surface area contributed by atoms with Crippen molar-refractivity contribution in [2.24, 2.45) is 11.8 Å². The predicted molar refractivity (Wildman–Crippen MR) is 102 cm³/mol. The number of hydrogen-bond acceptors (Lipinski definition) is 5. The molecule has 7 nitrogen and oxygen atoms in total. The van der Waals surface area contributed by atoms with Crippen molar-refractivity contribution >= 4 is 17.7 Å². The van der Waals surface area contributed by atoms with E-state index >= 15 is 0 Å².